The minimum atomic E-state index is -1.13. The average molecular weight is 519 g/mol. The number of allylic oxidation sites excluding steroid dienone is 1. The normalized spacial score (nSPS) is 11.4. The van der Waals surface area contributed by atoms with Crippen LogP contribution in [0.1, 0.15) is 93.8 Å². The largest absolute Gasteiger partial charge is 0.494 e. The van der Waals surface area contributed by atoms with Crippen LogP contribution < -0.4 is 15.4 Å². The summed E-state index contributed by atoms with van der Waals surface area (Å²) in [6, 6.07) is 5.33. The fraction of sp³-hybridized carbons (Fsp3) is 0.571. The summed E-state index contributed by atoms with van der Waals surface area (Å²) >= 11 is 0. The van der Waals surface area contributed by atoms with E-state index in [1.807, 2.05) is 0 Å². The van der Waals surface area contributed by atoms with Crippen LogP contribution in [0.4, 0.5) is 0 Å². The second-order valence-corrected chi connectivity index (χ2v) is 9.03. The van der Waals surface area contributed by atoms with Crippen LogP contribution in [0.15, 0.2) is 36.9 Å². The molecule has 9 heteroatoms. The second-order valence-electron chi connectivity index (χ2n) is 9.03. The van der Waals surface area contributed by atoms with Crippen LogP contribution >= 0.6 is 0 Å². The molecular weight excluding hydrogens is 476 g/mol. The fourth-order valence-electron chi connectivity index (χ4n) is 3.69. The molecule has 1 aromatic carbocycles. The van der Waals surface area contributed by atoms with E-state index >= 15 is 0 Å². The van der Waals surface area contributed by atoms with E-state index in [-0.39, 0.29) is 36.6 Å². The summed E-state index contributed by atoms with van der Waals surface area (Å²) in [5.41, 5.74) is 0.240. The van der Waals surface area contributed by atoms with Gasteiger partial charge in [-0.15, -0.1) is 6.58 Å². The van der Waals surface area contributed by atoms with Gasteiger partial charge in [0.15, 0.2) is 0 Å². The number of carbonyl (C=O) groups excluding carboxylic acids is 2. The van der Waals surface area contributed by atoms with Gasteiger partial charge < -0.3 is 25.6 Å². The summed E-state index contributed by atoms with van der Waals surface area (Å²) in [4.78, 5) is 46.2. The van der Waals surface area contributed by atoms with Gasteiger partial charge in [-0.25, -0.2) is 9.59 Å². The molecule has 0 aliphatic rings. The first-order valence-corrected chi connectivity index (χ1v) is 13.2. The zero-order valence-electron chi connectivity index (χ0n) is 21.7. The van der Waals surface area contributed by atoms with Crippen molar-refractivity contribution >= 4 is 23.8 Å². The van der Waals surface area contributed by atoms with E-state index in [0.29, 0.717) is 25.3 Å². The van der Waals surface area contributed by atoms with Gasteiger partial charge in [0.05, 0.1) is 12.2 Å². The van der Waals surface area contributed by atoms with E-state index in [1.54, 1.807) is 18.2 Å². The van der Waals surface area contributed by atoms with E-state index in [2.05, 4.69) is 17.2 Å². The van der Waals surface area contributed by atoms with Gasteiger partial charge in [0.2, 0.25) is 11.8 Å². The maximum atomic E-state index is 12.1. The smallest absolute Gasteiger partial charge is 0.335 e. The van der Waals surface area contributed by atoms with Gasteiger partial charge in [-0.1, -0.05) is 44.6 Å². The van der Waals surface area contributed by atoms with E-state index in [0.717, 1.165) is 57.8 Å². The van der Waals surface area contributed by atoms with Crippen LogP contribution in [0.25, 0.3) is 0 Å². The minimum absolute atomic E-state index is 0.0529. The predicted octanol–water partition coefficient (Wildman–Crippen LogP) is 4.71. The molecule has 0 aliphatic carbocycles. The molecule has 0 aromatic heterocycles. The third-order valence-corrected chi connectivity index (χ3v) is 5.87. The highest BCUT2D eigenvalue weighted by Gasteiger charge is 2.20. The van der Waals surface area contributed by atoms with Gasteiger partial charge in [-0.05, 0) is 56.4 Å². The highest BCUT2D eigenvalue weighted by Crippen LogP contribution is 2.14. The number of ether oxygens (including phenoxy) is 1. The predicted molar refractivity (Wildman–Crippen MR) is 142 cm³/mol. The van der Waals surface area contributed by atoms with E-state index in [1.165, 1.54) is 12.1 Å². The maximum Gasteiger partial charge on any atom is 0.335 e. The highest BCUT2D eigenvalue weighted by molar-refractivity contribution is 5.87. The third-order valence-electron chi connectivity index (χ3n) is 5.87. The number of hydrogen-bond donors (Lipinski definition) is 4. The van der Waals surface area contributed by atoms with Crippen LogP contribution in [0.3, 0.4) is 0 Å². The Morgan fingerprint density at radius 3 is 2.05 bits per heavy atom. The number of carboxylic acids is 2. The van der Waals surface area contributed by atoms with Gasteiger partial charge in [0.25, 0.3) is 0 Å². The number of aliphatic carboxylic acids is 1. The molecule has 37 heavy (non-hydrogen) atoms. The van der Waals surface area contributed by atoms with Crippen LogP contribution in [-0.2, 0) is 14.4 Å². The molecule has 4 N–H and O–H groups in total. The van der Waals surface area contributed by atoms with E-state index in [9.17, 15) is 24.3 Å². The van der Waals surface area contributed by atoms with Gasteiger partial charge in [0.1, 0.15) is 11.8 Å². The van der Waals surface area contributed by atoms with Crippen molar-refractivity contribution in [2.75, 3.05) is 13.2 Å². The van der Waals surface area contributed by atoms with Gasteiger partial charge in [0, 0.05) is 19.4 Å². The highest BCUT2D eigenvalue weighted by atomic mass is 16.5. The first-order valence-electron chi connectivity index (χ1n) is 13.2. The number of nitrogens with one attached hydrogen (secondary N) is 2. The van der Waals surface area contributed by atoms with Crippen LogP contribution in [0, 0.1) is 0 Å². The number of carboxylic acid groups (broad SMARTS) is 2. The molecule has 0 radical (unpaired) electrons. The Balaban J connectivity index is 2.02. The monoisotopic (exact) mass is 518 g/mol. The molecule has 206 valence electrons. The molecule has 9 nitrogen and oxygen atoms in total. The zero-order valence-corrected chi connectivity index (χ0v) is 21.7. The number of benzene rings is 1. The van der Waals surface area contributed by atoms with Crippen molar-refractivity contribution in [3.8, 4) is 5.75 Å². The first-order chi connectivity index (χ1) is 17.8. The summed E-state index contributed by atoms with van der Waals surface area (Å²) in [6.45, 7) is 4.74. The minimum Gasteiger partial charge on any atom is -0.494 e. The summed E-state index contributed by atoms with van der Waals surface area (Å²) in [6.07, 6.45) is 11.7. The van der Waals surface area contributed by atoms with Crippen molar-refractivity contribution in [3.05, 3.63) is 42.5 Å². The average Bonchev–Trinajstić information content (AvgIpc) is 2.87. The molecule has 0 heterocycles. The lowest BCUT2D eigenvalue weighted by Crippen LogP contribution is -2.41. The van der Waals surface area contributed by atoms with Crippen LogP contribution in [0.2, 0.25) is 0 Å². The molecule has 0 saturated heterocycles. The summed E-state index contributed by atoms with van der Waals surface area (Å²) in [7, 11) is 0. The molecule has 0 spiro atoms. The van der Waals surface area contributed by atoms with Crippen molar-refractivity contribution in [3.63, 3.8) is 0 Å². The zero-order chi connectivity index (χ0) is 27.3. The Labute approximate surface area is 219 Å². The van der Waals surface area contributed by atoms with Crippen molar-refractivity contribution in [1.29, 1.82) is 0 Å². The first kappa shape index (κ1) is 31.7. The maximum absolute atomic E-state index is 12.1. The Bertz CT molecular complexity index is 839. The molecule has 0 fully saturated rings. The Hall–Kier alpha value is -3.36. The molecule has 0 aliphatic heterocycles. The second kappa shape index (κ2) is 19.8. The molecule has 2 amide bonds. The quantitative estimate of drug-likeness (QED) is 0.129. The Morgan fingerprint density at radius 2 is 1.46 bits per heavy atom. The van der Waals surface area contributed by atoms with Crippen molar-refractivity contribution < 1.29 is 34.1 Å². The topological polar surface area (TPSA) is 142 Å². The number of unbranched alkanes of at least 4 members (excludes halogenated alkanes) is 8. The summed E-state index contributed by atoms with van der Waals surface area (Å²) < 4.78 is 5.63. The molecule has 0 unspecified atom stereocenters. The molecule has 0 saturated carbocycles. The molecule has 1 rings (SSSR count). The Kier molecular flexibility index (Phi) is 16.9. The lowest BCUT2D eigenvalue weighted by Gasteiger charge is -2.14. The fourth-order valence-corrected chi connectivity index (χ4v) is 3.69. The number of carbonyl (C=O) groups is 4. The molecule has 1 atom stereocenters. The number of hydrogen-bond acceptors (Lipinski definition) is 5. The van der Waals surface area contributed by atoms with Gasteiger partial charge >= 0.3 is 11.9 Å². The third kappa shape index (κ3) is 16.1. The number of amides is 2. The van der Waals surface area contributed by atoms with Crippen molar-refractivity contribution in [2.24, 2.45) is 0 Å². The standard InChI is InChI=1S/C28H42N2O7/c1-2-3-11-20-29-25(31)19-18-24(28(35)36)30-26(32)13-10-8-6-4-5-7-9-12-21-37-23-16-14-22(15-17-23)27(33)34/h2,14-17,24H,1,3-13,18-21H2,(H,29,31)(H,30,32)(H,33,34)(H,35,36)/t24-/m0/s1. The van der Waals surface area contributed by atoms with Gasteiger partial charge in [-0.3, -0.25) is 9.59 Å². The lowest BCUT2D eigenvalue weighted by molar-refractivity contribution is -0.142. The van der Waals surface area contributed by atoms with E-state index in [4.69, 9.17) is 9.84 Å². The number of aromatic carboxylic acids is 1. The summed E-state index contributed by atoms with van der Waals surface area (Å²) in [5, 5.41) is 23.5. The van der Waals surface area contributed by atoms with Crippen LogP contribution in [-0.4, -0.2) is 53.2 Å². The van der Waals surface area contributed by atoms with Crippen LogP contribution in [0.5, 0.6) is 5.75 Å². The van der Waals surface area contributed by atoms with Gasteiger partial charge in [-0.2, -0.15) is 0 Å². The molecule has 1 aromatic rings. The number of rotatable bonds is 22. The van der Waals surface area contributed by atoms with Crippen molar-refractivity contribution in [1.82, 2.24) is 10.6 Å². The molecular formula is C28H42N2O7. The SMILES string of the molecule is C=CCCCNC(=O)CC[C@H](NC(=O)CCCCCCCCCCOc1ccc(C(=O)O)cc1)C(=O)O. The molecule has 0 bridgehead atoms. The van der Waals surface area contributed by atoms with E-state index < -0.39 is 18.0 Å². The summed E-state index contributed by atoms with van der Waals surface area (Å²) in [5.74, 6) is -1.93. The lowest BCUT2D eigenvalue weighted by atomic mass is 10.1. The Morgan fingerprint density at radius 1 is 0.838 bits per heavy atom. The van der Waals surface area contributed by atoms with Crippen molar-refractivity contribution in [2.45, 2.75) is 89.5 Å².